The van der Waals surface area contributed by atoms with E-state index in [4.69, 9.17) is 4.74 Å². The van der Waals surface area contributed by atoms with E-state index in [-0.39, 0.29) is 0 Å². The molecule has 0 fully saturated rings. The fourth-order valence-electron chi connectivity index (χ4n) is 3.12. The van der Waals surface area contributed by atoms with E-state index in [2.05, 4.69) is 43.6 Å². The standard InChI is InChI=1S/C22H18N6OS/c1-29-17-6-4-16(5-7-17)19-11-18-21(30-19)22(26-14-25-18)24-13-15-3-8-20(23-12-15)28-10-2-9-27-28/h2-12,14H,13H2,1H3,(H,24,25,26). The average molecular weight is 414 g/mol. The van der Waals surface area contributed by atoms with Crippen LogP contribution in [0.1, 0.15) is 5.56 Å². The lowest BCUT2D eigenvalue weighted by molar-refractivity contribution is 0.415. The summed E-state index contributed by atoms with van der Waals surface area (Å²) in [7, 11) is 1.67. The van der Waals surface area contributed by atoms with Crippen LogP contribution >= 0.6 is 11.3 Å². The average Bonchev–Trinajstić information content (AvgIpc) is 3.48. The highest BCUT2D eigenvalue weighted by Crippen LogP contribution is 2.36. The summed E-state index contributed by atoms with van der Waals surface area (Å²) in [5.41, 5.74) is 3.11. The number of nitrogens with one attached hydrogen (secondary N) is 1. The molecular formula is C22H18N6OS. The van der Waals surface area contributed by atoms with Crippen molar-refractivity contribution in [2.24, 2.45) is 0 Å². The third kappa shape index (κ3) is 3.60. The van der Waals surface area contributed by atoms with E-state index in [0.29, 0.717) is 6.54 Å². The Morgan fingerprint density at radius 2 is 1.97 bits per heavy atom. The zero-order chi connectivity index (χ0) is 20.3. The van der Waals surface area contributed by atoms with E-state index in [1.807, 2.05) is 42.7 Å². The molecular weight excluding hydrogens is 396 g/mol. The summed E-state index contributed by atoms with van der Waals surface area (Å²) in [5, 5.41) is 7.61. The molecule has 8 heteroatoms. The second-order valence-corrected chi connectivity index (χ2v) is 7.66. The van der Waals surface area contributed by atoms with Crippen molar-refractivity contribution in [3.8, 4) is 22.0 Å². The van der Waals surface area contributed by atoms with E-state index in [9.17, 15) is 0 Å². The largest absolute Gasteiger partial charge is 0.497 e. The number of thiophene rings is 1. The molecule has 0 saturated heterocycles. The van der Waals surface area contributed by atoms with Crippen LogP contribution in [0.15, 0.2) is 73.4 Å². The van der Waals surface area contributed by atoms with E-state index in [0.717, 1.165) is 43.6 Å². The van der Waals surface area contributed by atoms with Gasteiger partial charge in [0.1, 0.15) is 17.9 Å². The Morgan fingerprint density at radius 3 is 2.70 bits per heavy atom. The Balaban J connectivity index is 1.36. The summed E-state index contributed by atoms with van der Waals surface area (Å²) in [5.74, 6) is 2.45. The Kier molecular flexibility index (Phi) is 4.82. The molecule has 0 aliphatic carbocycles. The van der Waals surface area contributed by atoms with Crippen molar-refractivity contribution in [3.63, 3.8) is 0 Å². The molecule has 5 rings (SSSR count). The highest BCUT2D eigenvalue weighted by molar-refractivity contribution is 7.22. The molecule has 0 atom stereocenters. The number of benzene rings is 1. The summed E-state index contributed by atoms with van der Waals surface area (Å²) in [4.78, 5) is 14.5. The van der Waals surface area contributed by atoms with Crippen LogP contribution in [-0.2, 0) is 6.54 Å². The van der Waals surface area contributed by atoms with Crippen LogP contribution in [0.3, 0.4) is 0 Å². The van der Waals surface area contributed by atoms with Gasteiger partial charge in [0.25, 0.3) is 0 Å². The molecule has 148 valence electrons. The topological polar surface area (TPSA) is 77.8 Å². The van der Waals surface area contributed by atoms with Gasteiger partial charge in [-0.1, -0.05) is 6.07 Å². The van der Waals surface area contributed by atoms with E-state index in [1.165, 1.54) is 0 Å². The predicted octanol–water partition coefficient (Wildman–Crippen LogP) is 4.56. The number of fused-ring (bicyclic) bond motifs is 1. The van der Waals surface area contributed by atoms with Gasteiger partial charge >= 0.3 is 0 Å². The minimum absolute atomic E-state index is 0.619. The van der Waals surface area contributed by atoms with Crippen molar-refractivity contribution >= 4 is 27.4 Å². The SMILES string of the molecule is COc1ccc(-c2cc3ncnc(NCc4ccc(-n5cccn5)nc4)c3s2)cc1. The Bertz CT molecular complexity index is 1260. The molecule has 0 unspecified atom stereocenters. The molecule has 1 N–H and O–H groups in total. The van der Waals surface area contributed by atoms with Gasteiger partial charge in [-0.05, 0) is 53.6 Å². The molecule has 30 heavy (non-hydrogen) atoms. The summed E-state index contributed by atoms with van der Waals surface area (Å²) in [6, 6.07) is 16.0. The number of methoxy groups -OCH3 is 1. The monoisotopic (exact) mass is 414 g/mol. The van der Waals surface area contributed by atoms with Gasteiger partial charge in [0, 0.05) is 30.0 Å². The third-order valence-electron chi connectivity index (χ3n) is 4.69. The van der Waals surface area contributed by atoms with Crippen molar-refractivity contribution in [1.29, 1.82) is 0 Å². The number of rotatable bonds is 6. The Labute approximate surface area is 177 Å². The molecule has 0 radical (unpaired) electrons. The van der Waals surface area contributed by atoms with Gasteiger partial charge in [0.15, 0.2) is 5.82 Å². The van der Waals surface area contributed by atoms with Crippen molar-refractivity contribution in [1.82, 2.24) is 24.7 Å². The number of aromatic nitrogens is 5. The van der Waals surface area contributed by atoms with Crippen LogP contribution in [-0.4, -0.2) is 31.8 Å². The zero-order valence-corrected chi connectivity index (χ0v) is 17.0. The minimum atomic E-state index is 0.619. The van der Waals surface area contributed by atoms with Gasteiger partial charge in [0.2, 0.25) is 0 Å². The van der Waals surface area contributed by atoms with Crippen LogP contribution in [0.2, 0.25) is 0 Å². The lowest BCUT2D eigenvalue weighted by atomic mass is 10.2. The maximum Gasteiger partial charge on any atom is 0.153 e. The Morgan fingerprint density at radius 1 is 1.07 bits per heavy atom. The summed E-state index contributed by atoms with van der Waals surface area (Å²) >= 11 is 1.67. The van der Waals surface area contributed by atoms with E-state index in [1.54, 1.807) is 35.7 Å². The second-order valence-electron chi connectivity index (χ2n) is 6.60. The Hall–Kier alpha value is -3.78. The summed E-state index contributed by atoms with van der Waals surface area (Å²) in [6.07, 6.45) is 7.04. The third-order valence-corrected chi connectivity index (χ3v) is 5.87. The molecule has 0 bridgehead atoms. The number of ether oxygens (including phenoxy) is 1. The van der Waals surface area contributed by atoms with Gasteiger partial charge in [-0.3, -0.25) is 0 Å². The first-order valence-electron chi connectivity index (χ1n) is 9.38. The van der Waals surface area contributed by atoms with Gasteiger partial charge in [0.05, 0.1) is 17.3 Å². The molecule has 4 heterocycles. The first-order valence-corrected chi connectivity index (χ1v) is 10.2. The van der Waals surface area contributed by atoms with Gasteiger partial charge < -0.3 is 10.1 Å². The number of hydrogen-bond donors (Lipinski definition) is 1. The zero-order valence-electron chi connectivity index (χ0n) is 16.2. The smallest absolute Gasteiger partial charge is 0.153 e. The number of pyridine rings is 1. The van der Waals surface area contributed by atoms with Crippen LogP contribution in [0.25, 0.3) is 26.5 Å². The van der Waals surface area contributed by atoms with Gasteiger partial charge in [-0.2, -0.15) is 5.10 Å². The predicted molar refractivity (Wildman–Crippen MR) is 118 cm³/mol. The molecule has 0 saturated carbocycles. The molecule has 1 aromatic carbocycles. The highest BCUT2D eigenvalue weighted by atomic mass is 32.1. The quantitative estimate of drug-likeness (QED) is 0.439. The summed E-state index contributed by atoms with van der Waals surface area (Å²) < 4.78 is 8.01. The summed E-state index contributed by atoms with van der Waals surface area (Å²) in [6.45, 7) is 0.619. The van der Waals surface area contributed by atoms with Gasteiger partial charge in [-0.25, -0.2) is 19.6 Å². The number of nitrogens with zero attached hydrogens (tertiary/aromatic N) is 5. The maximum atomic E-state index is 5.25. The molecule has 0 amide bonds. The second kappa shape index (κ2) is 7.92. The number of anilines is 1. The first kappa shape index (κ1) is 18.3. The normalized spacial score (nSPS) is 11.0. The molecule has 0 aliphatic rings. The highest BCUT2D eigenvalue weighted by Gasteiger charge is 2.11. The van der Waals surface area contributed by atoms with Crippen molar-refractivity contribution in [3.05, 3.63) is 79.0 Å². The molecule has 0 spiro atoms. The van der Waals surface area contributed by atoms with Crippen LogP contribution in [0.5, 0.6) is 5.75 Å². The molecule has 0 aliphatic heterocycles. The van der Waals surface area contributed by atoms with Crippen molar-refractivity contribution in [2.45, 2.75) is 6.54 Å². The van der Waals surface area contributed by atoms with E-state index >= 15 is 0 Å². The van der Waals surface area contributed by atoms with E-state index < -0.39 is 0 Å². The van der Waals surface area contributed by atoms with Crippen LogP contribution in [0, 0.1) is 0 Å². The fraction of sp³-hybridized carbons (Fsp3) is 0.0909. The van der Waals surface area contributed by atoms with Gasteiger partial charge in [-0.15, -0.1) is 11.3 Å². The molecule has 7 nitrogen and oxygen atoms in total. The lowest BCUT2D eigenvalue weighted by Gasteiger charge is -2.07. The number of hydrogen-bond acceptors (Lipinski definition) is 7. The first-order chi connectivity index (χ1) is 14.8. The maximum absolute atomic E-state index is 5.25. The molecule has 4 aromatic heterocycles. The van der Waals surface area contributed by atoms with Crippen molar-refractivity contribution < 1.29 is 4.74 Å². The fourth-order valence-corrected chi connectivity index (χ4v) is 4.21. The van der Waals surface area contributed by atoms with Crippen LogP contribution < -0.4 is 10.1 Å². The van der Waals surface area contributed by atoms with Crippen molar-refractivity contribution in [2.75, 3.05) is 12.4 Å². The lowest BCUT2D eigenvalue weighted by Crippen LogP contribution is -2.03. The van der Waals surface area contributed by atoms with Crippen LogP contribution in [0.4, 0.5) is 5.82 Å². The molecule has 5 aromatic rings. The minimum Gasteiger partial charge on any atom is -0.497 e.